The molecule has 0 aromatic heterocycles. The molecule has 0 unspecified atom stereocenters. The summed E-state index contributed by atoms with van der Waals surface area (Å²) in [4.78, 5) is 28.2. The van der Waals surface area contributed by atoms with Crippen LogP contribution in [0.15, 0.2) is 35.0 Å². The van der Waals surface area contributed by atoms with Crippen molar-refractivity contribution >= 4 is 23.8 Å². The van der Waals surface area contributed by atoms with Gasteiger partial charge in [-0.1, -0.05) is 0 Å². The molecule has 0 saturated carbocycles. The molecule has 1 aliphatic rings. The third-order valence-electron chi connectivity index (χ3n) is 3.01. The first-order valence-corrected chi connectivity index (χ1v) is 6.36. The number of methoxy groups -OCH3 is 1. The molecule has 0 fully saturated rings. The van der Waals surface area contributed by atoms with Crippen molar-refractivity contribution in [2.75, 3.05) is 14.2 Å². The quantitative estimate of drug-likeness (QED) is 0.677. The smallest absolute Gasteiger partial charge is 0.330 e. The van der Waals surface area contributed by atoms with E-state index in [0.717, 1.165) is 18.2 Å². The van der Waals surface area contributed by atoms with Gasteiger partial charge in [-0.2, -0.15) is 0 Å². The highest BCUT2D eigenvalue weighted by atomic mass is 19.1. The fourth-order valence-electron chi connectivity index (χ4n) is 1.80. The van der Waals surface area contributed by atoms with E-state index in [1.807, 2.05) is 0 Å². The van der Waals surface area contributed by atoms with E-state index in [-0.39, 0.29) is 17.1 Å². The summed E-state index contributed by atoms with van der Waals surface area (Å²) in [6, 6.07) is 1.74. The topological polar surface area (TPSA) is 79.2 Å². The molecule has 1 heterocycles. The molecule has 0 radical (unpaired) electrons. The van der Waals surface area contributed by atoms with Gasteiger partial charge in [0, 0.05) is 13.1 Å². The van der Waals surface area contributed by atoms with Crippen molar-refractivity contribution < 1.29 is 28.2 Å². The van der Waals surface area contributed by atoms with Crippen LogP contribution in [0.5, 0.6) is 5.75 Å². The van der Waals surface area contributed by atoms with Gasteiger partial charge in [0.25, 0.3) is 5.91 Å². The first kappa shape index (κ1) is 16.3. The number of aromatic hydroxyl groups is 1. The lowest BCUT2D eigenvalue weighted by Gasteiger charge is -2.07. The van der Waals surface area contributed by atoms with Gasteiger partial charge >= 0.3 is 5.97 Å². The molecule has 1 aliphatic heterocycles. The number of phenolic OH excluding ortho intramolecular Hbond substituents is 1. The van der Waals surface area contributed by atoms with Gasteiger partial charge in [-0.15, -0.1) is 0 Å². The predicted octanol–water partition coefficient (Wildman–Crippen LogP) is 1.61. The van der Waals surface area contributed by atoms with Gasteiger partial charge in [0.2, 0.25) is 0 Å². The second kappa shape index (κ2) is 6.39. The molecule has 23 heavy (non-hydrogen) atoms. The average Bonchev–Trinajstić information content (AvgIpc) is 2.78. The molecule has 120 valence electrons. The molecule has 0 aliphatic carbocycles. The molecular weight excluding hydrogens is 310 g/mol. The molecule has 1 aromatic carbocycles. The molecule has 8 heteroatoms. The van der Waals surface area contributed by atoms with Crippen molar-refractivity contribution in [2.24, 2.45) is 4.99 Å². The summed E-state index contributed by atoms with van der Waals surface area (Å²) in [6.07, 6.45) is 3.54. The second-order valence-electron chi connectivity index (χ2n) is 4.55. The van der Waals surface area contributed by atoms with Gasteiger partial charge in [-0.25, -0.2) is 18.6 Å². The third-order valence-corrected chi connectivity index (χ3v) is 3.01. The molecule has 0 spiro atoms. The molecule has 0 bridgehead atoms. The van der Waals surface area contributed by atoms with E-state index in [4.69, 9.17) is 5.11 Å². The van der Waals surface area contributed by atoms with Crippen LogP contribution in [0.3, 0.4) is 0 Å². The van der Waals surface area contributed by atoms with Crippen LogP contribution in [0.2, 0.25) is 0 Å². The van der Waals surface area contributed by atoms with Crippen LogP contribution in [0, 0.1) is 11.6 Å². The maximum Gasteiger partial charge on any atom is 0.330 e. The lowest BCUT2D eigenvalue weighted by atomic mass is 10.1. The number of carbonyl (C=O) groups is 2. The molecular formula is C15H12F2N2O4. The lowest BCUT2D eigenvalue weighted by Crippen LogP contribution is -2.26. The number of halogens is 2. The summed E-state index contributed by atoms with van der Waals surface area (Å²) in [6.45, 7) is 0. The Kier molecular flexibility index (Phi) is 4.54. The van der Waals surface area contributed by atoms with Crippen LogP contribution in [0.4, 0.5) is 8.78 Å². The van der Waals surface area contributed by atoms with Gasteiger partial charge in [0.05, 0.1) is 7.11 Å². The Morgan fingerprint density at radius 3 is 2.52 bits per heavy atom. The summed E-state index contributed by atoms with van der Waals surface area (Å²) in [5.74, 6) is -4.34. The maximum absolute atomic E-state index is 13.3. The third kappa shape index (κ3) is 3.42. The summed E-state index contributed by atoms with van der Waals surface area (Å²) in [5.41, 5.74) is -0.0435. The second-order valence-corrected chi connectivity index (χ2v) is 4.55. The number of amidine groups is 1. The Hall–Kier alpha value is -3.03. The molecule has 0 saturated heterocycles. The number of ether oxygens (including phenoxy) is 1. The molecule has 2 rings (SSSR count). The van der Waals surface area contributed by atoms with E-state index in [0.29, 0.717) is 0 Å². The zero-order chi connectivity index (χ0) is 17.1. The van der Waals surface area contributed by atoms with Gasteiger partial charge in [0.1, 0.15) is 11.5 Å². The van der Waals surface area contributed by atoms with Gasteiger partial charge < -0.3 is 9.84 Å². The summed E-state index contributed by atoms with van der Waals surface area (Å²) < 4.78 is 31.0. The SMILES string of the molecule is COC(=O)/C=C\C1=NC(=C/c2cc(F)c(O)c(F)c2)/C(=O)N1C. The van der Waals surface area contributed by atoms with Crippen LogP contribution in [-0.4, -0.2) is 41.9 Å². The van der Waals surface area contributed by atoms with Gasteiger partial charge in [-0.3, -0.25) is 9.69 Å². The van der Waals surface area contributed by atoms with Crippen molar-refractivity contribution in [1.82, 2.24) is 4.90 Å². The Balaban J connectivity index is 2.35. The van der Waals surface area contributed by atoms with Crippen molar-refractivity contribution in [3.63, 3.8) is 0 Å². The van der Waals surface area contributed by atoms with E-state index in [1.54, 1.807) is 0 Å². The number of nitrogens with zero attached hydrogens (tertiary/aromatic N) is 2. The number of esters is 1. The van der Waals surface area contributed by atoms with E-state index in [9.17, 15) is 18.4 Å². The fourth-order valence-corrected chi connectivity index (χ4v) is 1.80. The normalized spacial score (nSPS) is 16.3. The first-order chi connectivity index (χ1) is 10.8. The van der Waals surface area contributed by atoms with Gasteiger partial charge in [0.15, 0.2) is 17.4 Å². The average molecular weight is 322 g/mol. The number of phenols is 1. The van der Waals surface area contributed by atoms with Crippen LogP contribution in [0.25, 0.3) is 6.08 Å². The fraction of sp³-hybridized carbons (Fsp3) is 0.133. The Morgan fingerprint density at radius 2 is 1.96 bits per heavy atom. The monoisotopic (exact) mass is 322 g/mol. The minimum atomic E-state index is -1.15. The standard InChI is InChI=1S/C15H12F2N2O4/c1-19-12(3-4-13(20)23-2)18-11(15(19)22)7-8-5-9(16)14(21)10(17)6-8/h3-7,21H,1-2H3/b4-3-,11-7+. The summed E-state index contributed by atoms with van der Waals surface area (Å²) in [7, 11) is 2.64. The lowest BCUT2D eigenvalue weighted by molar-refractivity contribution is -0.134. The number of carbonyl (C=O) groups excluding carboxylic acids is 2. The van der Waals surface area contributed by atoms with Crippen LogP contribution >= 0.6 is 0 Å². The molecule has 1 amide bonds. The van der Waals surface area contributed by atoms with Crippen LogP contribution < -0.4 is 0 Å². The van der Waals surface area contributed by atoms with Crippen molar-refractivity contribution in [2.45, 2.75) is 0 Å². The Morgan fingerprint density at radius 1 is 1.35 bits per heavy atom. The largest absolute Gasteiger partial charge is 0.503 e. The van der Waals surface area contributed by atoms with Crippen molar-refractivity contribution in [1.29, 1.82) is 0 Å². The van der Waals surface area contributed by atoms with Crippen molar-refractivity contribution in [3.05, 3.63) is 47.2 Å². The highest BCUT2D eigenvalue weighted by molar-refractivity contribution is 6.18. The summed E-state index contributed by atoms with van der Waals surface area (Å²) >= 11 is 0. The van der Waals surface area contributed by atoms with Crippen LogP contribution in [-0.2, 0) is 14.3 Å². The van der Waals surface area contributed by atoms with E-state index in [1.165, 1.54) is 31.2 Å². The van der Waals surface area contributed by atoms with E-state index < -0.39 is 29.3 Å². The molecule has 1 N–H and O–H groups in total. The first-order valence-electron chi connectivity index (χ1n) is 6.36. The highest BCUT2D eigenvalue weighted by Crippen LogP contribution is 2.24. The number of hydrogen-bond donors (Lipinski definition) is 1. The van der Waals surface area contributed by atoms with Crippen LogP contribution in [0.1, 0.15) is 5.56 Å². The highest BCUT2D eigenvalue weighted by Gasteiger charge is 2.25. The Bertz CT molecular complexity index is 746. The zero-order valence-electron chi connectivity index (χ0n) is 12.2. The number of hydrogen-bond acceptors (Lipinski definition) is 5. The minimum Gasteiger partial charge on any atom is -0.503 e. The number of aliphatic imine (C=N–C) groups is 1. The molecule has 0 atom stereocenters. The predicted molar refractivity (Wildman–Crippen MR) is 77.4 cm³/mol. The molecule has 6 nitrogen and oxygen atoms in total. The van der Waals surface area contributed by atoms with E-state index in [2.05, 4.69) is 9.73 Å². The minimum absolute atomic E-state index is 0.0245. The summed E-state index contributed by atoms with van der Waals surface area (Å²) in [5, 5.41) is 9.05. The van der Waals surface area contributed by atoms with Crippen molar-refractivity contribution in [3.8, 4) is 5.75 Å². The number of rotatable bonds is 3. The van der Waals surface area contributed by atoms with Gasteiger partial charge in [-0.05, 0) is 29.8 Å². The maximum atomic E-state index is 13.3. The number of benzene rings is 1. The van der Waals surface area contributed by atoms with E-state index >= 15 is 0 Å². The number of amides is 1. The Labute approximate surface area is 130 Å². The number of likely N-dealkylation sites (N-methyl/N-ethyl adjacent to an activating group) is 1. The zero-order valence-corrected chi connectivity index (χ0v) is 12.2. The molecule has 1 aromatic rings.